The first-order valence-corrected chi connectivity index (χ1v) is 9.30. The van der Waals surface area contributed by atoms with Crippen molar-refractivity contribution in [2.24, 2.45) is 0 Å². The Hall–Kier alpha value is -1.13. The topological polar surface area (TPSA) is 33.3 Å². The van der Waals surface area contributed by atoms with Crippen molar-refractivity contribution in [3.8, 4) is 0 Å². The van der Waals surface area contributed by atoms with Crippen LogP contribution < -0.4 is 10.6 Å². The zero-order valence-electron chi connectivity index (χ0n) is 14.6. The van der Waals surface area contributed by atoms with Crippen molar-refractivity contribution in [3.05, 3.63) is 35.4 Å². The molecule has 1 fully saturated rings. The van der Waals surface area contributed by atoms with Crippen LogP contribution in [0, 0.1) is 0 Å². The second-order valence-electron chi connectivity index (χ2n) is 6.43. The standard InChI is InChI=1S/C19H30N2OS/c1-4-14(3)15-8-10-16(11-9-15)18(5-2)21-19(23)20-13-17-7-6-12-22-17/h8-11,14,17-18H,4-7,12-13H2,1-3H3,(H2,20,21,23). The highest BCUT2D eigenvalue weighted by Crippen LogP contribution is 2.22. The molecule has 0 saturated carbocycles. The second kappa shape index (κ2) is 9.24. The molecular weight excluding hydrogens is 304 g/mol. The van der Waals surface area contributed by atoms with E-state index >= 15 is 0 Å². The summed E-state index contributed by atoms with van der Waals surface area (Å²) in [4.78, 5) is 0. The minimum Gasteiger partial charge on any atom is -0.376 e. The third-order valence-corrected chi connectivity index (χ3v) is 5.01. The summed E-state index contributed by atoms with van der Waals surface area (Å²) in [6, 6.07) is 9.20. The third-order valence-electron chi connectivity index (χ3n) is 4.75. The summed E-state index contributed by atoms with van der Waals surface area (Å²) < 4.78 is 5.62. The van der Waals surface area contributed by atoms with E-state index in [1.54, 1.807) is 0 Å². The van der Waals surface area contributed by atoms with Gasteiger partial charge in [0.05, 0.1) is 12.1 Å². The molecule has 4 heteroatoms. The maximum absolute atomic E-state index is 5.62. The van der Waals surface area contributed by atoms with Gasteiger partial charge in [0.25, 0.3) is 0 Å². The first kappa shape index (κ1) is 18.2. The monoisotopic (exact) mass is 334 g/mol. The zero-order chi connectivity index (χ0) is 16.7. The molecule has 1 aliphatic heterocycles. The Morgan fingerprint density at radius 2 is 1.91 bits per heavy atom. The summed E-state index contributed by atoms with van der Waals surface area (Å²) in [7, 11) is 0. The van der Waals surface area contributed by atoms with Crippen LogP contribution in [0.3, 0.4) is 0 Å². The van der Waals surface area contributed by atoms with Crippen LogP contribution in [0.2, 0.25) is 0 Å². The van der Waals surface area contributed by atoms with Gasteiger partial charge in [-0.1, -0.05) is 45.0 Å². The van der Waals surface area contributed by atoms with Crippen LogP contribution >= 0.6 is 12.2 Å². The largest absolute Gasteiger partial charge is 0.376 e. The molecule has 0 aromatic heterocycles. The number of hydrogen-bond donors (Lipinski definition) is 2. The number of hydrogen-bond acceptors (Lipinski definition) is 2. The van der Waals surface area contributed by atoms with Gasteiger partial charge >= 0.3 is 0 Å². The maximum atomic E-state index is 5.62. The molecule has 3 unspecified atom stereocenters. The molecule has 0 spiro atoms. The fraction of sp³-hybridized carbons (Fsp3) is 0.632. The van der Waals surface area contributed by atoms with Crippen LogP contribution in [0.5, 0.6) is 0 Å². The molecule has 3 atom stereocenters. The molecule has 1 aromatic carbocycles. The smallest absolute Gasteiger partial charge is 0.166 e. The molecule has 1 aromatic rings. The molecule has 0 amide bonds. The van der Waals surface area contributed by atoms with Gasteiger partial charge in [0, 0.05) is 13.2 Å². The molecule has 2 rings (SSSR count). The SMILES string of the molecule is CCC(C)c1ccc(C(CC)NC(=S)NCC2CCCO2)cc1. The summed E-state index contributed by atoms with van der Waals surface area (Å²) in [6.45, 7) is 8.37. The molecule has 128 valence electrons. The summed E-state index contributed by atoms with van der Waals surface area (Å²) in [5.74, 6) is 0.617. The highest BCUT2D eigenvalue weighted by Gasteiger charge is 2.16. The number of benzene rings is 1. The second-order valence-corrected chi connectivity index (χ2v) is 6.83. The van der Waals surface area contributed by atoms with E-state index in [0.717, 1.165) is 37.5 Å². The van der Waals surface area contributed by atoms with Gasteiger partial charge in [0.2, 0.25) is 0 Å². The van der Waals surface area contributed by atoms with Gasteiger partial charge in [0.15, 0.2) is 5.11 Å². The van der Waals surface area contributed by atoms with Gasteiger partial charge in [0.1, 0.15) is 0 Å². The Bertz CT molecular complexity index is 483. The molecular formula is C19H30N2OS. The molecule has 3 nitrogen and oxygen atoms in total. The number of rotatable bonds is 7. The molecule has 1 heterocycles. The average Bonchev–Trinajstić information content (AvgIpc) is 3.11. The summed E-state index contributed by atoms with van der Waals surface area (Å²) in [6.07, 6.45) is 4.78. The average molecular weight is 335 g/mol. The highest BCUT2D eigenvalue weighted by molar-refractivity contribution is 7.80. The van der Waals surface area contributed by atoms with E-state index in [0.29, 0.717) is 12.0 Å². The normalized spacial score (nSPS) is 20.0. The van der Waals surface area contributed by atoms with Crippen molar-refractivity contribution in [3.63, 3.8) is 0 Å². The van der Waals surface area contributed by atoms with E-state index < -0.39 is 0 Å². The van der Waals surface area contributed by atoms with Crippen molar-refractivity contribution in [1.82, 2.24) is 10.6 Å². The lowest BCUT2D eigenvalue weighted by Crippen LogP contribution is -2.41. The van der Waals surface area contributed by atoms with Gasteiger partial charge < -0.3 is 15.4 Å². The van der Waals surface area contributed by atoms with Gasteiger partial charge in [-0.3, -0.25) is 0 Å². The fourth-order valence-electron chi connectivity index (χ4n) is 2.93. The van der Waals surface area contributed by atoms with E-state index in [9.17, 15) is 0 Å². The van der Waals surface area contributed by atoms with E-state index in [1.807, 2.05) is 0 Å². The Kier molecular flexibility index (Phi) is 7.31. The van der Waals surface area contributed by atoms with Gasteiger partial charge in [-0.25, -0.2) is 0 Å². The zero-order valence-corrected chi connectivity index (χ0v) is 15.4. The van der Waals surface area contributed by atoms with Gasteiger partial charge in [-0.2, -0.15) is 0 Å². The van der Waals surface area contributed by atoms with E-state index in [1.165, 1.54) is 17.5 Å². The number of thiocarbonyl (C=S) groups is 1. The van der Waals surface area contributed by atoms with E-state index in [-0.39, 0.29) is 6.04 Å². The van der Waals surface area contributed by atoms with Crippen LogP contribution in [0.1, 0.15) is 69.5 Å². The van der Waals surface area contributed by atoms with Crippen LogP contribution in [-0.4, -0.2) is 24.4 Å². The summed E-state index contributed by atoms with van der Waals surface area (Å²) >= 11 is 5.44. The van der Waals surface area contributed by atoms with Gasteiger partial charge in [-0.15, -0.1) is 0 Å². The van der Waals surface area contributed by atoms with Crippen molar-refractivity contribution < 1.29 is 4.74 Å². The van der Waals surface area contributed by atoms with Crippen molar-refractivity contribution >= 4 is 17.3 Å². The highest BCUT2D eigenvalue weighted by atomic mass is 32.1. The lowest BCUT2D eigenvalue weighted by atomic mass is 9.95. The van der Waals surface area contributed by atoms with Crippen LogP contribution in [0.15, 0.2) is 24.3 Å². The Labute approximate surface area is 146 Å². The van der Waals surface area contributed by atoms with Crippen LogP contribution in [0.4, 0.5) is 0 Å². The Morgan fingerprint density at radius 1 is 1.22 bits per heavy atom. The van der Waals surface area contributed by atoms with Crippen LogP contribution in [0.25, 0.3) is 0 Å². The molecule has 23 heavy (non-hydrogen) atoms. The Morgan fingerprint density at radius 3 is 2.48 bits per heavy atom. The Balaban J connectivity index is 1.86. The predicted octanol–water partition coefficient (Wildman–Crippen LogP) is 4.29. The summed E-state index contributed by atoms with van der Waals surface area (Å²) in [5, 5.41) is 7.45. The fourth-order valence-corrected chi connectivity index (χ4v) is 3.16. The number of nitrogens with one attached hydrogen (secondary N) is 2. The van der Waals surface area contributed by atoms with Crippen molar-refractivity contribution in [2.45, 2.75) is 64.5 Å². The molecule has 0 radical (unpaired) electrons. The van der Waals surface area contributed by atoms with E-state index in [4.69, 9.17) is 17.0 Å². The lowest BCUT2D eigenvalue weighted by Gasteiger charge is -2.21. The van der Waals surface area contributed by atoms with Crippen LogP contribution in [-0.2, 0) is 4.74 Å². The minimum atomic E-state index is 0.255. The maximum Gasteiger partial charge on any atom is 0.166 e. The molecule has 0 aliphatic carbocycles. The first-order chi connectivity index (χ1) is 11.1. The molecule has 1 saturated heterocycles. The molecule has 2 N–H and O–H groups in total. The first-order valence-electron chi connectivity index (χ1n) is 8.89. The van der Waals surface area contributed by atoms with Crippen molar-refractivity contribution in [1.29, 1.82) is 0 Å². The predicted molar refractivity (Wildman–Crippen MR) is 101 cm³/mol. The van der Waals surface area contributed by atoms with Crippen molar-refractivity contribution in [2.75, 3.05) is 13.2 Å². The van der Waals surface area contributed by atoms with E-state index in [2.05, 4.69) is 55.7 Å². The molecule has 0 bridgehead atoms. The third kappa shape index (κ3) is 5.47. The minimum absolute atomic E-state index is 0.255. The quantitative estimate of drug-likeness (QED) is 0.729. The number of ether oxygens (including phenoxy) is 1. The van der Waals surface area contributed by atoms with Gasteiger partial charge in [-0.05, 0) is 54.9 Å². The summed E-state index contributed by atoms with van der Waals surface area (Å²) in [5.41, 5.74) is 2.70. The molecule has 1 aliphatic rings. The lowest BCUT2D eigenvalue weighted by molar-refractivity contribution is 0.114.